The molecule has 0 fully saturated rings. The van der Waals surface area contributed by atoms with Gasteiger partial charge in [-0.2, -0.15) is 5.26 Å². The van der Waals surface area contributed by atoms with E-state index in [9.17, 15) is 0 Å². The lowest BCUT2D eigenvalue weighted by atomic mass is 10.0. The molecule has 0 aliphatic heterocycles. The molecule has 0 aromatic heterocycles. The molecule has 0 amide bonds. The van der Waals surface area contributed by atoms with E-state index in [0.29, 0.717) is 12.5 Å². The average Bonchev–Trinajstić information content (AvgIpc) is 2.43. The summed E-state index contributed by atoms with van der Waals surface area (Å²) in [5, 5.41) is 12.3. The van der Waals surface area contributed by atoms with Crippen LogP contribution in [-0.4, -0.2) is 12.6 Å². The van der Waals surface area contributed by atoms with Crippen molar-refractivity contribution in [1.82, 2.24) is 5.32 Å². The van der Waals surface area contributed by atoms with Crippen LogP contribution in [0, 0.1) is 11.3 Å². The second-order valence-corrected chi connectivity index (χ2v) is 4.23. The Balaban J connectivity index is 2.70. The maximum atomic E-state index is 8.85. The molecule has 1 aromatic rings. The highest BCUT2D eigenvalue weighted by molar-refractivity contribution is 5.29. The van der Waals surface area contributed by atoms with Gasteiger partial charge in [-0.05, 0) is 37.1 Å². The summed E-state index contributed by atoms with van der Waals surface area (Å²) in [6.07, 6.45) is 1.41. The Morgan fingerprint density at radius 1 is 1.17 bits per heavy atom. The maximum absolute atomic E-state index is 8.85. The van der Waals surface area contributed by atoms with Gasteiger partial charge in [0.25, 0.3) is 0 Å². The molecule has 0 saturated heterocycles. The molecule has 0 bridgehead atoms. The van der Waals surface area contributed by atoms with Gasteiger partial charge < -0.3 is 10.1 Å². The van der Waals surface area contributed by atoms with Gasteiger partial charge in [0.15, 0.2) is 6.10 Å². The lowest BCUT2D eigenvalue weighted by molar-refractivity contribution is 0.252. The summed E-state index contributed by atoms with van der Waals surface area (Å²) < 4.78 is 5.56. The Labute approximate surface area is 110 Å². The van der Waals surface area contributed by atoms with Crippen LogP contribution in [-0.2, 0) is 0 Å². The minimum atomic E-state index is -0.355. The second kappa shape index (κ2) is 7.73. The normalized spacial score (nSPS) is 13.7. The quantitative estimate of drug-likeness (QED) is 0.801. The van der Waals surface area contributed by atoms with E-state index in [1.165, 1.54) is 5.56 Å². The minimum Gasteiger partial charge on any atom is -0.476 e. The van der Waals surface area contributed by atoms with Gasteiger partial charge >= 0.3 is 0 Å². The highest BCUT2D eigenvalue weighted by Crippen LogP contribution is 2.21. The molecule has 0 spiro atoms. The number of nitrogens with one attached hydrogen (secondary N) is 1. The Morgan fingerprint density at radius 2 is 1.83 bits per heavy atom. The molecular formula is C15H22N2O. The van der Waals surface area contributed by atoms with E-state index >= 15 is 0 Å². The van der Waals surface area contributed by atoms with Crippen LogP contribution in [0.5, 0.6) is 5.75 Å². The van der Waals surface area contributed by atoms with E-state index in [0.717, 1.165) is 18.7 Å². The summed E-state index contributed by atoms with van der Waals surface area (Å²) in [6.45, 7) is 7.18. The van der Waals surface area contributed by atoms with Crippen molar-refractivity contribution in [3.63, 3.8) is 0 Å². The van der Waals surface area contributed by atoms with Crippen LogP contribution in [0.3, 0.4) is 0 Å². The first kappa shape index (κ1) is 14.5. The molecule has 0 saturated carbocycles. The lowest BCUT2D eigenvalue weighted by Gasteiger charge is -2.17. The SMILES string of the molecule is CCNC(CC)c1ccc(OC(C#N)CC)cc1. The summed E-state index contributed by atoms with van der Waals surface area (Å²) >= 11 is 0. The van der Waals surface area contributed by atoms with Gasteiger partial charge in [0, 0.05) is 6.04 Å². The molecule has 0 heterocycles. The average molecular weight is 246 g/mol. The van der Waals surface area contributed by atoms with E-state index in [4.69, 9.17) is 10.00 Å². The Morgan fingerprint density at radius 3 is 2.28 bits per heavy atom. The van der Waals surface area contributed by atoms with E-state index in [-0.39, 0.29) is 6.10 Å². The first-order chi connectivity index (χ1) is 8.74. The third-order valence-corrected chi connectivity index (χ3v) is 2.93. The number of hydrogen-bond donors (Lipinski definition) is 1. The molecule has 3 nitrogen and oxygen atoms in total. The summed E-state index contributed by atoms with van der Waals surface area (Å²) in [5.74, 6) is 0.763. The highest BCUT2D eigenvalue weighted by atomic mass is 16.5. The second-order valence-electron chi connectivity index (χ2n) is 4.23. The molecule has 1 aromatic carbocycles. The van der Waals surface area contributed by atoms with Gasteiger partial charge in [0.2, 0.25) is 0 Å². The van der Waals surface area contributed by atoms with Crippen LogP contribution >= 0.6 is 0 Å². The molecule has 18 heavy (non-hydrogen) atoms. The molecule has 98 valence electrons. The standard InChI is InChI=1S/C15H22N2O/c1-4-13(11-16)18-14-9-7-12(8-10-14)15(5-2)17-6-3/h7-10,13,15,17H,4-6H2,1-3H3. The number of benzene rings is 1. The van der Waals surface area contributed by atoms with Gasteiger partial charge in [-0.25, -0.2) is 0 Å². The smallest absolute Gasteiger partial charge is 0.184 e. The van der Waals surface area contributed by atoms with E-state index < -0.39 is 0 Å². The Bertz CT molecular complexity index is 380. The molecule has 0 aliphatic rings. The first-order valence-electron chi connectivity index (χ1n) is 6.64. The fourth-order valence-electron chi connectivity index (χ4n) is 1.89. The number of nitriles is 1. The summed E-state index contributed by atoms with van der Waals surface area (Å²) in [7, 11) is 0. The first-order valence-corrected chi connectivity index (χ1v) is 6.64. The molecule has 1 rings (SSSR count). The van der Waals surface area contributed by atoms with Gasteiger partial charge in [0.1, 0.15) is 11.8 Å². The summed E-state index contributed by atoms with van der Waals surface area (Å²) in [5.41, 5.74) is 1.26. The van der Waals surface area contributed by atoms with Crippen LogP contribution in [0.25, 0.3) is 0 Å². The molecule has 0 aliphatic carbocycles. The molecule has 0 radical (unpaired) electrons. The van der Waals surface area contributed by atoms with Crippen molar-refractivity contribution in [3.8, 4) is 11.8 Å². The van der Waals surface area contributed by atoms with E-state index in [1.807, 2.05) is 19.1 Å². The predicted molar refractivity (Wildman–Crippen MR) is 73.5 cm³/mol. The van der Waals surface area contributed by atoms with Crippen molar-refractivity contribution in [1.29, 1.82) is 5.26 Å². The van der Waals surface area contributed by atoms with Crippen LogP contribution in [0.1, 0.15) is 45.2 Å². The summed E-state index contributed by atoms with van der Waals surface area (Å²) in [4.78, 5) is 0. The zero-order valence-corrected chi connectivity index (χ0v) is 11.4. The van der Waals surface area contributed by atoms with Crippen molar-refractivity contribution in [3.05, 3.63) is 29.8 Å². The predicted octanol–water partition coefficient (Wildman–Crippen LogP) is 3.43. The third-order valence-electron chi connectivity index (χ3n) is 2.93. The maximum Gasteiger partial charge on any atom is 0.184 e. The van der Waals surface area contributed by atoms with Crippen molar-refractivity contribution < 1.29 is 4.74 Å². The zero-order chi connectivity index (χ0) is 13.4. The number of hydrogen-bond acceptors (Lipinski definition) is 3. The van der Waals surface area contributed by atoms with Crippen molar-refractivity contribution in [2.24, 2.45) is 0 Å². The Hall–Kier alpha value is -1.53. The highest BCUT2D eigenvalue weighted by Gasteiger charge is 2.09. The Kier molecular flexibility index (Phi) is 6.24. The van der Waals surface area contributed by atoms with Crippen molar-refractivity contribution in [2.45, 2.75) is 45.8 Å². The zero-order valence-electron chi connectivity index (χ0n) is 11.4. The van der Waals surface area contributed by atoms with Crippen molar-refractivity contribution >= 4 is 0 Å². The van der Waals surface area contributed by atoms with Gasteiger partial charge in [-0.15, -0.1) is 0 Å². The number of rotatable bonds is 7. The fraction of sp³-hybridized carbons (Fsp3) is 0.533. The van der Waals surface area contributed by atoms with Crippen LogP contribution in [0.15, 0.2) is 24.3 Å². The lowest BCUT2D eigenvalue weighted by Crippen LogP contribution is -2.20. The molecule has 1 N–H and O–H groups in total. The number of ether oxygens (including phenoxy) is 1. The third kappa shape index (κ3) is 4.05. The van der Waals surface area contributed by atoms with Gasteiger partial charge in [-0.1, -0.05) is 32.9 Å². The van der Waals surface area contributed by atoms with Crippen LogP contribution < -0.4 is 10.1 Å². The largest absolute Gasteiger partial charge is 0.476 e. The van der Waals surface area contributed by atoms with E-state index in [2.05, 4.69) is 37.4 Å². The molecule has 2 atom stereocenters. The van der Waals surface area contributed by atoms with Gasteiger partial charge in [0.05, 0.1) is 0 Å². The molecular weight excluding hydrogens is 224 g/mol. The van der Waals surface area contributed by atoms with Crippen LogP contribution in [0.4, 0.5) is 0 Å². The summed E-state index contributed by atoms with van der Waals surface area (Å²) in [6, 6.07) is 10.5. The molecule has 3 heteroatoms. The van der Waals surface area contributed by atoms with Crippen molar-refractivity contribution in [2.75, 3.05) is 6.54 Å². The topological polar surface area (TPSA) is 45.0 Å². The minimum absolute atomic E-state index is 0.355. The van der Waals surface area contributed by atoms with Crippen LogP contribution in [0.2, 0.25) is 0 Å². The van der Waals surface area contributed by atoms with E-state index in [1.54, 1.807) is 0 Å². The fourth-order valence-corrected chi connectivity index (χ4v) is 1.89. The molecule has 2 unspecified atom stereocenters. The van der Waals surface area contributed by atoms with Gasteiger partial charge in [-0.3, -0.25) is 0 Å². The number of nitrogens with zero attached hydrogens (tertiary/aromatic N) is 1. The monoisotopic (exact) mass is 246 g/mol.